The maximum absolute atomic E-state index is 13.3. The second-order valence-corrected chi connectivity index (χ2v) is 8.55. The fourth-order valence-electron chi connectivity index (χ4n) is 3.04. The van der Waals surface area contributed by atoms with Crippen molar-refractivity contribution in [2.24, 2.45) is 0 Å². The van der Waals surface area contributed by atoms with Gasteiger partial charge in [0.15, 0.2) is 0 Å². The number of carbonyl (C=O) groups excluding carboxylic acids is 3. The summed E-state index contributed by atoms with van der Waals surface area (Å²) in [6, 6.07) is 7.23. The zero-order valence-corrected chi connectivity index (χ0v) is 18.7. The van der Waals surface area contributed by atoms with Gasteiger partial charge in [0.05, 0.1) is 43.0 Å². The minimum absolute atomic E-state index is 0.0453. The number of anilines is 2. The van der Waals surface area contributed by atoms with Gasteiger partial charge in [-0.1, -0.05) is 6.92 Å². The second kappa shape index (κ2) is 10.2. The van der Waals surface area contributed by atoms with E-state index in [4.69, 9.17) is 4.74 Å². The number of halogens is 1. The lowest BCUT2D eigenvalue weighted by atomic mass is 10.1. The second-order valence-electron chi connectivity index (χ2n) is 6.69. The van der Waals surface area contributed by atoms with E-state index in [1.54, 1.807) is 6.92 Å². The van der Waals surface area contributed by atoms with Crippen LogP contribution in [-0.4, -0.2) is 52.8 Å². The minimum atomic E-state index is -3.95. The molecule has 0 bridgehead atoms. The lowest BCUT2D eigenvalue weighted by molar-refractivity contribution is -0.117. The van der Waals surface area contributed by atoms with Crippen LogP contribution in [0.1, 0.15) is 34.1 Å². The topological polar surface area (TPSA) is 119 Å². The Bertz CT molecular complexity index is 1120. The molecule has 172 valence electrons. The molecule has 0 aromatic heterocycles. The highest BCUT2D eigenvalue weighted by Crippen LogP contribution is 2.25. The van der Waals surface area contributed by atoms with E-state index in [-0.39, 0.29) is 28.9 Å². The summed E-state index contributed by atoms with van der Waals surface area (Å²) in [5.41, 5.74) is 0.0428. The Balaban J connectivity index is 2.50. The number of nitrogens with one attached hydrogen (secondary N) is 1. The maximum atomic E-state index is 13.3. The van der Waals surface area contributed by atoms with Crippen LogP contribution >= 0.6 is 0 Å². The van der Waals surface area contributed by atoms with Gasteiger partial charge in [0.25, 0.3) is 0 Å². The number of rotatable bonds is 8. The number of sulfonamides is 1. The predicted molar refractivity (Wildman–Crippen MR) is 116 cm³/mol. The molecule has 0 fully saturated rings. The van der Waals surface area contributed by atoms with Crippen LogP contribution in [0.2, 0.25) is 0 Å². The van der Waals surface area contributed by atoms with Crippen LogP contribution in [0.3, 0.4) is 0 Å². The molecule has 1 amide bonds. The molecule has 1 N–H and O–H groups in total. The van der Waals surface area contributed by atoms with Crippen molar-refractivity contribution in [3.8, 4) is 0 Å². The Kier molecular flexibility index (Phi) is 7.92. The summed E-state index contributed by atoms with van der Waals surface area (Å²) >= 11 is 0. The molecule has 9 nitrogen and oxygen atoms in total. The molecule has 0 saturated heterocycles. The molecule has 0 saturated carbocycles. The highest BCUT2D eigenvalue weighted by atomic mass is 32.2. The Morgan fingerprint density at radius 1 is 1.03 bits per heavy atom. The molecule has 0 radical (unpaired) electrons. The first kappa shape index (κ1) is 24.8. The van der Waals surface area contributed by atoms with Crippen molar-refractivity contribution in [3.63, 3.8) is 0 Å². The third kappa shape index (κ3) is 5.61. The molecule has 11 heteroatoms. The van der Waals surface area contributed by atoms with Gasteiger partial charge in [0.1, 0.15) is 11.9 Å². The molecule has 2 aromatic carbocycles. The van der Waals surface area contributed by atoms with Gasteiger partial charge >= 0.3 is 11.9 Å². The van der Waals surface area contributed by atoms with Crippen molar-refractivity contribution < 1.29 is 36.7 Å². The first-order valence-electron chi connectivity index (χ1n) is 9.40. The van der Waals surface area contributed by atoms with Gasteiger partial charge in [0.2, 0.25) is 15.9 Å². The van der Waals surface area contributed by atoms with E-state index in [9.17, 15) is 27.2 Å². The number of benzene rings is 2. The van der Waals surface area contributed by atoms with E-state index < -0.39 is 39.7 Å². The number of hydrogen-bond acceptors (Lipinski definition) is 7. The molecule has 0 spiro atoms. The quantitative estimate of drug-likeness (QED) is 0.594. The molecule has 0 aliphatic rings. The van der Waals surface area contributed by atoms with Gasteiger partial charge in [-0.3, -0.25) is 9.10 Å². The van der Waals surface area contributed by atoms with E-state index >= 15 is 0 Å². The number of carbonyl (C=O) groups is 3. The van der Waals surface area contributed by atoms with Crippen molar-refractivity contribution >= 4 is 39.2 Å². The third-order valence-electron chi connectivity index (χ3n) is 4.51. The van der Waals surface area contributed by atoms with E-state index in [2.05, 4.69) is 10.1 Å². The first-order valence-corrected chi connectivity index (χ1v) is 11.2. The van der Waals surface area contributed by atoms with Crippen LogP contribution < -0.4 is 9.62 Å². The van der Waals surface area contributed by atoms with Crippen molar-refractivity contribution in [1.29, 1.82) is 0 Å². The molecule has 2 aromatic rings. The zero-order chi connectivity index (χ0) is 24.1. The smallest absolute Gasteiger partial charge is 0.339 e. The molecular formula is C21H23FN2O7S. The summed E-state index contributed by atoms with van der Waals surface area (Å²) in [5.74, 6) is -2.81. The molecule has 2 rings (SSSR count). The number of methoxy groups -OCH3 is 2. The van der Waals surface area contributed by atoms with E-state index in [0.29, 0.717) is 0 Å². The van der Waals surface area contributed by atoms with Crippen LogP contribution in [0.25, 0.3) is 0 Å². The SMILES string of the molecule is CC[C@H](C(=O)Nc1cc(C(=O)OC)ccc1C(=O)OC)N(c1ccc(F)cc1)S(C)(=O)=O. The van der Waals surface area contributed by atoms with Crippen LogP contribution in [0.4, 0.5) is 15.8 Å². The summed E-state index contributed by atoms with van der Waals surface area (Å²) in [5, 5.41) is 2.50. The summed E-state index contributed by atoms with van der Waals surface area (Å²) in [4.78, 5) is 37.1. The highest BCUT2D eigenvalue weighted by molar-refractivity contribution is 7.92. The van der Waals surface area contributed by atoms with Gasteiger partial charge in [-0.15, -0.1) is 0 Å². The Hall–Kier alpha value is -3.47. The molecule has 0 heterocycles. The fourth-order valence-corrected chi connectivity index (χ4v) is 4.26. The Morgan fingerprint density at radius 2 is 1.62 bits per heavy atom. The van der Waals surface area contributed by atoms with Crippen molar-refractivity contribution in [2.45, 2.75) is 19.4 Å². The van der Waals surface area contributed by atoms with Gasteiger partial charge in [0, 0.05) is 0 Å². The lowest BCUT2D eigenvalue weighted by Crippen LogP contribution is -2.47. The normalized spacial score (nSPS) is 11.9. The van der Waals surface area contributed by atoms with Gasteiger partial charge < -0.3 is 14.8 Å². The first-order chi connectivity index (χ1) is 15.0. The summed E-state index contributed by atoms with van der Waals surface area (Å²) in [6.07, 6.45) is 0.977. The summed E-state index contributed by atoms with van der Waals surface area (Å²) < 4.78 is 48.5. The van der Waals surface area contributed by atoms with Gasteiger partial charge in [-0.2, -0.15) is 0 Å². The number of ether oxygens (including phenoxy) is 2. The third-order valence-corrected chi connectivity index (χ3v) is 5.69. The van der Waals surface area contributed by atoms with E-state index in [0.717, 1.165) is 29.8 Å². The summed E-state index contributed by atoms with van der Waals surface area (Å²) in [6.45, 7) is 1.60. The van der Waals surface area contributed by atoms with E-state index in [1.807, 2.05) is 0 Å². The predicted octanol–water partition coefficient (Wildman–Crippen LogP) is 2.58. The number of esters is 2. The van der Waals surface area contributed by atoms with Crippen LogP contribution in [0.5, 0.6) is 0 Å². The molecule has 0 unspecified atom stereocenters. The molecule has 1 atom stereocenters. The maximum Gasteiger partial charge on any atom is 0.339 e. The number of nitrogens with zero attached hydrogens (tertiary/aromatic N) is 1. The Labute approximate surface area is 185 Å². The van der Waals surface area contributed by atoms with Crippen LogP contribution in [0.15, 0.2) is 42.5 Å². The molecular weight excluding hydrogens is 443 g/mol. The monoisotopic (exact) mass is 466 g/mol. The largest absolute Gasteiger partial charge is 0.465 e. The minimum Gasteiger partial charge on any atom is -0.465 e. The number of hydrogen-bond donors (Lipinski definition) is 1. The zero-order valence-electron chi connectivity index (χ0n) is 17.9. The van der Waals surface area contributed by atoms with E-state index in [1.165, 1.54) is 37.4 Å². The highest BCUT2D eigenvalue weighted by Gasteiger charge is 2.32. The average Bonchev–Trinajstić information content (AvgIpc) is 2.76. The standard InChI is InChI=1S/C21H23FN2O7S/c1-5-18(24(32(4,28)29)15-9-7-14(22)8-10-15)19(25)23-17-12-13(20(26)30-2)6-11-16(17)21(27)31-3/h6-12,18H,5H2,1-4H3,(H,23,25)/t18-/m1/s1. The van der Waals surface area contributed by atoms with Gasteiger partial charge in [-0.05, 0) is 48.9 Å². The van der Waals surface area contributed by atoms with Crippen molar-refractivity contribution in [1.82, 2.24) is 0 Å². The Morgan fingerprint density at radius 3 is 2.12 bits per heavy atom. The lowest BCUT2D eigenvalue weighted by Gasteiger charge is -2.30. The fraction of sp³-hybridized carbons (Fsp3) is 0.286. The van der Waals surface area contributed by atoms with Crippen LogP contribution in [-0.2, 0) is 24.3 Å². The molecule has 0 aliphatic carbocycles. The van der Waals surface area contributed by atoms with Crippen molar-refractivity contribution in [2.75, 3.05) is 30.1 Å². The number of amides is 1. The molecule has 0 aliphatic heterocycles. The average molecular weight is 466 g/mol. The molecule has 32 heavy (non-hydrogen) atoms. The van der Waals surface area contributed by atoms with Gasteiger partial charge in [-0.25, -0.2) is 22.4 Å². The van der Waals surface area contributed by atoms with Crippen LogP contribution in [0, 0.1) is 5.82 Å². The summed E-state index contributed by atoms with van der Waals surface area (Å²) in [7, 11) is -1.63. The van der Waals surface area contributed by atoms with Crippen molar-refractivity contribution in [3.05, 3.63) is 59.4 Å².